The van der Waals surface area contributed by atoms with Crippen molar-refractivity contribution in [3.63, 3.8) is 0 Å². The Balaban J connectivity index is 0.000000505. The highest BCUT2D eigenvalue weighted by molar-refractivity contribution is 7.87. The molecule has 6 bridgehead atoms. The second-order valence-corrected chi connectivity index (χ2v) is 40.9. The van der Waals surface area contributed by atoms with Crippen LogP contribution < -0.4 is 0 Å². The van der Waals surface area contributed by atoms with Crippen LogP contribution in [-0.4, -0.2) is 58.0 Å². The third-order valence-corrected chi connectivity index (χ3v) is 18.0. The number of hydrogen-bond acceptors (Lipinski definition) is 10. The molecule has 10 unspecified atom stereocenters. The lowest BCUT2D eigenvalue weighted by molar-refractivity contribution is -0.140. The predicted octanol–water partition coefficient (Wildman–Crippen LogP) is 19.5. The van der Waals surface area contributed by atoms with Crippen molar-refractivity contribution < 1.29 is 49.3 Å². The van der Waals surface area contributed by atoms with Crippen LogP contribution in [0, 0.1) is 74.4 Å². The van der Waals surface area contributed by atoms with Gasteiger partial charge in [-0.3, -0.25) is 14.4 Å². The first-order valence-corrected chi connectivity index (χ1v) is 39.4. The molecule has 0 aromatic carbocycles. The number of alkyl halides is 4. The molecule has 10 atom stereocenters. The van der Waals surface area contributed by atoms with Crippen molar-refractivity contribution in [3.05, 3.63) is 83.1 Å². The van der Waals surface area contributed by atoms with Crippen molar-refractivity contribution in [1.29, 1.82) is 10.5 Å². The zero-order chi connectivity index (χ0) is 62.9. The molecule has 0 amide bonds. The van der Waals surface area contributed by atoms with E-state index in [-0.39, 0.29) is 53.4 Å². The van der Waals surface area contributed by atoms with E-state index in [1.54, 1.807) is 12.1 Å². The number of ether oxygens (including phenoxy) is 1. The molecule has 10 nitrogen and oxygen atoms in total. The zero-order valence-electron chi connectivity index (χ0n) is 51.7. The Hall–Kier alpha value is -3.39. The van der Waals surface area contributed by atoms with Crippen LogP contribution in [0.5, 0.6) is 0 Å². The first-order chi connectivity index (χ1) is 37.6. The summed E-state index contributed by atoms with van der Waals surface area (Å²) in [5.74, 6) is 3.29. The zero-order valence-corrected chi connectivity index (χ0v) is 56.8. The van der Waals surface area contributed by atoms with E-state index in [0.29, 0.717) is 46.9 Å². The van der Waals surface area contributed by atoms with Gasteiger partial charge in [0.25, 0.3) is 0 Å². The smallest absolute Gasteiger partial charge is 0.534 e. The fraction of sp³-hybridized carbons (Fsp3) is 0.703. The quantitative estimate of drug-likeness (QED) is 0.0350. The van der Waals surface area contributed by atoms with Gasteiger partial charge in [-0.15, -0.1) is 11.6 Å². The molecule has 11 rings (SSSR count). The Morgan fingerprint density at radius 2 is 1.33 bits per heavy atom. The van der Waals surface area contributed by atoms with Crippen molar-refractivity contribution in [2.75, 3.05) is 0 Å². The summed E-state index contributed by atoms with van der Waals surface area (Å²) >= 11 is 16.9. The molecule has 0 saturated heterocycles. The lowest BCUT2D eigenvalue weighted by Crippen LogP contribution is -2.41. The number of carbonyl (C=O) groups is 3. The molecular formula is C64H100Cl3F3N2O8SSi2. The van der Waals surface area contributed by atoms with Crippen molar-refractivity contribution >= 4 is 77.4 Å². The average Bonchev–Trinajstić information content (AvgIpc) is 3.01. The van der Waals surface area contributed by atoms with Crippen LogP contribution in [0.2, 0.25) is 39.3 Å². The van der Waals surface area contributed by atoms with E-state index in [2.05, 4.69) is 114 Å². The number of nitriles is 2. The van der Waals surface area contributed by atoms with Crippen molar-refractivity contribution in [1.82, 2.24) is 0 Å². The molecule has 4 saturated carbocycles. The van der Waals surface area contributed by atoms with Gasteiger partial charge in [0.2, 0.25) is 8.32 Å². The van der Waals surface area contributed by atoms with Gasteiger partial charge in [-0.2, -0.15) is 43.2 Å². The Labute approximate surface area is 515 Å². The highest BCUT2D eigenvalue weighted by Gasteiger charge is 2.53. The first kappa shape index (κ1) is 77.6. The number of halogens is 6. The lowest BCUT2D eigenvalue weighted by Gasteiger charge is -2.47. The molecule has 0 aliphatic heterocycles. The molecule has 19 heteroatoms. The van der Waals surface area contributed by atoms with Gasteiger partial charge < -0.3 is 13.3 Å². The Morgan fingerprint density at radius 3 is 1.69 bits per heavy atom. The second-order valence-electron chi connectivity index (χ2n) is 26.3. The topological polar surface area (TPSA) is 161 Å². The minimum absolute atomic E-state index is 0. The van der Waals surface area contributed by atoms with Gasteiger partial charge in [-0.05, 0) is 158 Å². The fourth-order valence-corrected chi connectivity index (χ4v) is 13.2. The van der Waals surface area contributed by atoms with Gasteiger partial charge in [-0.1, -0.05) is 130 Å². The number of nitrogens with zero attached hydrogens (tertiary/aromatic N) is 2. The highest BCUT2D eigenvalue weighted by atomic mass is 35.6. The largest absolute Gasteiger partial charge is 0.545 e. The molecule has 0 aromatic heterocycles. The van der Waals surface area contributed by atoms with Crippen molar-refractivity contribution in [2.45, 2.75) is 235 Å². The lowest BCUT2D eigenvalue weighted by atomic mass is 9.59. The van der Waals surface area contributed by atoms with E-state index in [1.807, 2.05) is 40.7 Å². The Morgan fingerprint density at radius 1 is 0.819 bits per heavy atom. The summed E-state index contributed by atoms with van der Waals surface area (Å²) in [4.78, 5) is 32.3. The van der Waals surface area contributed by atoms with E-state index in [0.717, 1.165) is 87.7 Å². The average molecular weight is 1280 g/mol. The number of carbonyl (C=O) groups excluding carboxylic acids is 3. The monoisotopic (exact) mass is 1270 g/mol. The van der Waals surface area contributed by atoms with Gasteiger partial charge in [0.1, 0.15) is 40.7 Å². The standard InChI is InChI=1S/C14H19F3O3S.C13H24OSi.C12H16ClNO.C10H16O.C8H10O2.C3H2ClN.C3H9ClSi.CH4/c1-4-5-13(3)8-10-7-12(11(13)6-9(10)2)20-21(18,19)14(15,16)17;1-6-9-13(2)10-7-12(8-11-13)14-15(3,4)5;1-8(2)15-11-5-10-4-3-9(11)6-12(10,13)7-14;1-3-6-10(2)7-4-9(11)5-8-10;9-7-4-6-2-1-5(7)3-8(6)10;1-3(4)2-5;1-5(2,3)4;/h6-7,10-11H,4-5,8H2,1-3H3;7-8,10H,6,9,11H2,1-5H3;5,8-10H,3-4,6H2,1-2H3;4,7H,3,5-6,8H2,1-2H3;5-6H,1-4H2;1H2;1-3H3;1H4. The molecule has 0 heterocycles. The maximum atomic E-state index is 12.5. The Bertz CT molecular complexity index is 2580. The number of hydrogen-bond donors (Lipinski definition) is 0. The highest BCUT2D eigenvalue weighted by Crippen LogP contribution is 2.54. The second kappa shape index (κ2) is 33.1. The van der Waals surface area contributed by atoms with Crippen LogP contribution in [0.25, 0.3) is 0 Å². The molecule has 11 aliphatic carbocycles. The molecule has 11 aliphatic rings. The number of allylic oxidation sites excluding steroid dienone is 11. The van der Waals surface area contributed by atoms with Gasteiger partial charge in [0, 0.05) is 54.8 Å². The summed E-state index contributed by atoms with van der Waals surface area (Å²) in [6.45, 7) is 35.0. The van der Waals surface area contributed by atoms with Crippen LogP contribution in [0.15, 0.2) is 83.1 Å². The van der Waals surface area contributed by atoms with Crippen molar-refractivity contribution in [2.24, 2.45) is 51.8 Å². The van der Waals surface area contributed by atoms with Crippen LogP contribution in [0.4, 0.5) is 13.2 Å². The first-order valence-electron chi connectivity index (χ1n) is 29.3. The predicted molar refractivity (Wildman–Crippen MR) is 340 cm³/mol. The van der Waals surface area contributed by atoms with Gasteiger partial charge >= 0.3 is 15.6 Å². The van der Waals surface area contributed by atoms with Crippen LogP contribution in [-0.2, 0) is 37.8 Å². The minimum atomic E-state index is -5.60. The molecule has 0 N–H and O–H groups in total. The van der Waals surface area contributed by atoms with E-state index >= 15 is 0 Å². The van der Waals surface area contributed by atoms with Crippen LogP contribution in [0.3, 0.4) is 0 Å². The molecule has 0 radical (unpaired) electrons. The SMILES string of the molecule is C.C=C(Cl)C#N.CC(C)OC1=CC2CCC1CC2(Cl)C#N.CCCC1(C)C=CC(=O)CC1.CCCC1(C)C=CC(O[Si](C)(C)C)=CC1.CCCC1(C)CC2C=C(OS(=O)(=O)C(F)(F)F)C1C=C2C.C[Si](C)(C)Cl.O=C1CC2CCC1CC2=O. The molecule has 0 aromatic rings. The number of fused-ring (bicyclic) bond motifs is 6. The van der Waals surface area contributed by atoms with Crippen molar-refractivity contribution in [3.8, 4) is 12.1 Å². The summed E-state index contributed by atoms with van der Waals surface area (Å²) in [7, 11) is -8.17. The third kappa shape index (κ3) is 26.2. The minimum Gasteiger partial charge on any atom is -0.545 e. The number of Topliss-reactive ketones (excluding diaryl/α,β-unsaturated/α-hetero) is 2. The molecular weight excluding hydrogens is 1180 g/mol. The normalized spacial score (nSPS) is 29.9. The Kier molecular flexibility index (Phi) is 31.0. The van der Waals surface area contributed by atoms with E-state index in [4.69, 9.17) is 54.0 Å². The van der Waals surface area contributed by atoms with Gasteiger partial charge in [0.05, 0.1) is 23.7 Å². The maximum Gasteiger partial charge on any atom is 0.534 e. The van der Waals surface area contributed by atoms with E-state index in [1.165, 1.54) is 31.8 Å². The molecule has 4 fully saturated rings. The third-order valence-electron chi connectivity index (χ3n) is 15.6. The molecule has 83 heavy (non-hydrogen) atoms. The molecule has 0 spiro atoms. The van der Waals surface area contributed by atoms with E-state index < -0.39 is 42.1 Å². The van der Waals surface area contributed by atoms with Gasteiger partial charge in [0.15, 0.2) is 5.78 Å². The van der Waals surface area contributed by atoms with Crippen LogP contribution >= 0.6 is 34.3 Å². The summed E-state index contributed by atoms with van der Waals surface area (Å²) < 4.78 is 76.1. The van der Waals surface area contributed by atoms with E-state index in [9.17, 15) is 36.0 Å². The fourth-order valence-electron chi connectivity index (χ4n) is 11.5. The summed E-state index contributed by atoms with van der Waals surface area (Å²) in [6.07, 6.45) is 32.5. The number of rotatable bonds is 12. The maximum absolute atomic E-state index is 12.5. The summed E-state index contributed by atoms with van der Waals surface area (Å²) in [5, 5.41) is 16.8. The summed E-state index contributed by atoms with van der Waals surface area (Å²) in [5.41, 5.74) is -3.93. The number of ketones is 3. The van der Waals surface area contributed by atoms with Crippen LogP contribution in [0.1, 0.15) is 179 Å². The molecule has 470 valence electrons. The summed E-state index contributed by atoms with van der Waals surface area (Å²) in [6, 6.07) is 3.85. The van der Waals surface area contributed by atoms with Gasteiger partial charge in [-0.25, -0.2) is 0 Å².